The number of fused-ring (bicyclic) bond motifs is 1. The van der Waals surface area contributed by atoms with Crippen LogP contribution in [0.5, 0.6) is 0 Å². The van der Waals surface area contributed by atoms with E-state index in [0.29, 0.717) is 30.2 Å². The van der Waals surface area contributed by atoms with Gasteiger partial charge in [-0.15, -0.1) is 11.3 Å². The monoisotopic (exact) mass is 410 g/mol. The summed E-state index contributed by atoms with van der Waals surface area (Å²) in [4.78, 5) is 35.3. The van der Waals surface area contributed by atoms with Gasteiger partial charge in [0.05, 0.1) is 0 Å². The normalized spacial score (nSPS) is 13.1. The summed E-state index contributed by atoms with van der Waals surface area (Å²) in [6.45, 7) is 1.17. The molecule has 2 amide bonds. The minimum atomic E-state index is -0.253. The topological polar surface area (TPSA) is 75.2 Å². The summed E-state index contributed by atoms with van der Waals surface area (Å²) in [7, 11) is 0. The molecule has 3 aromatic rings. The van der Waals surface area contributed by atoms with Gasteiger partial charge in [0.2, 0.25) is 0 Å². The fourth-order valence-electron chi connectivity index (χ4n) is 3.11. The molecule has 142 valence electrons. The van der Waals surface area contributed by atoms with Crippen LogP contribution in [-0.2, 0) is 13.0 Å². The number of thiazole rings is 1. The number of anilines is 1. The standard InChI is InChI=1S/C20H18N4O2S2/c1-27-20-23-17(12-28-20)19(26)24-9-7-13-5-6-15(10-14(13)11-24)22-18(25)16-4-2-3-8-21-16/h2-6,8,10,12H,7,9,11H2,1H3,(H,22,25). The number of aromatic nitrogens is 2. The zero-order valence-electron chi connectivity index (χ0n) is 15.2. The van der Waals surface area contributed by atoms with Crippen molar-refractivity contribution in [2.45, 2.75) is 17.3 Å². The molecule has 1 aliphatic rings. The van der Waals surface area contributed by atoms with Crippen molar-refractivity contribution in [1.82, 2.24) is 14.9 Å². The van der Waals surface area contributed by atoms with Crippen LogP contribution in [0.1, 0.15) is 32.1 Å². The molecule has 1 N–H and O–H groups in total. The van der Waals surface area contributed by atoms with Crippen LogP contribution >= 0.6 is 23.1 Å². The summed E-state index contributed by atoms with van der Waals surface area (Å²) in [5.41, 5.74) is 3.80. The average Bonchev–Trinajstić information content (AvgIpc) is 3.22. The van der Waals surface area contributed by atoms with Gasteiger partial charge in [-0.3, -0.25) is 14.6 Å². The second kappa shape index (κ2) is 8.12. The fraction of sp³-hybridized carbons (Fsp3) is 0.200. The Morgan fingerprint density at radius 2 is 2.07 bits per heavy atom. The SMILES string of the molecule is CSc1nc(C(=O)N2CCc3ccc(NC(=O)c4ccccn4)cc3C2)cs1. The van der Waals surface area contributed by atoms with Crippen molar-refractivity contribution < 1.29 is 9.59 Å². The summed E-state index contributed by atoms with van der Waals surface area (Å²) in [5, 5.41) is 4.69. The molecule has 8 heteroatoms. The zero-order valence-corrected chi connectivity index (χ0v) is 16.8. The van der Waals surface area contributed by atoms with Crippen molar-refractivity contribution in [3.63, 3.8) is 0 Å². The summed E-state index contributed by atoms with van der Waals surface area (Å²) >= 11 is 3.02. The van der Waals surface area contributed by atoms with Crippen LogP contribution in [0.15, 0.2) is 52.3 Å². The third-order valence-corrected chi connectivity index (χ3v) is 6.40. The maximum Gasteiger partial charge on any atom is 0.274 e. The molecular formula is C20H18N4O2S2. The lowest BCUT2D eigenvalue weighted by atomic mass is 9.98. The van der Waals surface area contributed by atoms with Gasteiger partial charge in [0, 0.05) is 30.4 Å². The number of hydrogen-bond donors (Lipinski definition) is 1. The van der Waals surface area contributed by atoms with Gasteiger partial charge in [-0.25, -0.2) is 4.98 Å². The van der Waals surface area contributed by atoms with E-state index in [-0.39, 0.29) is 11.8 Å². The number of amides is 2. The summed E-state index contributed by atoms with van der Waals surface area (Å²) in [5.74, 6) is -0.304. The van der Waals surface area contributed by atoms with E-state index in [2.05, 4.69) is 15.3 Å². The van der Waals surface area contributed by atoms with E-state index in [1.165, 1.54) is 28.7 Å². The maximum atomic E-state index is 12.8. The first-order valence-corrected chi connectivity index (χ1v) is 10.9. The van der Waals surface area contributed by atoms with Crippen molar-refractivity contribution in [2.75, 3.05) is 18.1 Å². The molecular weight excluding hydrogens is 392 g/mol. The van der Waals surface area contributed by atoms with E-state index in [0.717, 1.165) is 16.3 Å². The van der Waals surface area contributed by atoms with Gasteiger partial charge in [0.15, 0.2) is 0 Å². The van der Waals surface area contributed by atoms with E-state index in [1.807, 2.05) is 34.7 Å². The van der Waals surface area contributed by atoms with E-state index < -0.39 is 0 Å². The Labute approximate surface area is 171 Å². The molecule has 0 radical (unpaired) electrons. The minimum Gasteiger partial charge on any atom is -0.333 e. The molecule has 0 bridgehead atoms. The van der Waals surface area contributed by atoms with Crippen LogP contribution in [-0.4, -0.2) is 39.5 Å². The summed E-state index contributed by atoms with van der Waals surface area (Å²) in [6.07, 6.45) is 4.33. The Balaban J connectivity index is 1.49. The molecule has 6 nitrogen and oxygen atoms in total. The second-order valence-corrected chi connectivity index (χ2v) is 8.24. The number of nitrogens with zero attached hydrogens (tertiary/aromatic N) is 3. The molecule has 0 fully saturated rings. The molecule has 4 rings (SSSR count). The summed E-state index contributed by atoms with van der Waals surface area (Å²) in [6, 6.07) is 11.1. The lowest BCUT2D eigenvalue weighted by Crippen LogP contribution is -2.36. The first-order chi connectivity index (χ1) is 13.6. The van der Waals surface area contributed by atoms with Gasteiger partial charge in [-0.1, -0.05) is 23.9 Å². The maximum absolute atomic E-state index is 12.8. The molecule has 0 saturated carbocycles. The smallest absolute Gasteiger partial charge is 0.274 e. The van der Waals surface area contributed by atoms with Gasteiger partial charge in [-0.2, -0.15) is 0 Å². The average molecular weight is 411 g/mol. The number of carbonyl (C=O) groups is 2. The molecule has 0 spiro atoms. The molecule has 0 aliphatic carbocycles. The Morgan fingerprint density at radius 1 is 1.18 bits per heavy atom. The lowest BCUT2D eigenvalue weighted by Gasteiger charge is -2.28. The van der Waals surface area contributed by atoms with Crippen molar-refractivity contribution >= 4 is 40.6 Å². The predicted molar refractivity (Wildman–Crippen MR) is 111 cm³/mol. The van der Waals surface area contributed by atoms with Gasteiger partial charge in [-0.05, 0) is 48.1 Å². The van der Waals surface area contributed by atoms with Crippen LogP contribution in [0.3, 0.4) is 0 Å². The molecule has 0 saturated heterocycles. The van der Waals surface area contributed by atoms with Crippen molar-refractivity contribution in [1.29, 1.82) is 0 Å². The number of rotatable bonds is 4. The van der Waals surface area contributed by atoms with Crippen LogP contribution in [0.25, 0.3) is 0 Å². The zero-order chi connectivity index (χ0) is 19.5. The van der Waals surface area contributed by atoms with Gasteiger partial charge in [0.25, 0.3) is 11.8 Å². The Kier molecular flexibility index (Phi) is 5.40. The highest BCUT2D eigenvalue weighted by atomic mass is 32.2. The van der Waals surface area contributed by atoms with Gasteiger partial charge >= 0.3 is 0 Å². The van der Waals surface area contributed by atoms with Crippen LogP contribution < -0.4 is 5.32 Å². The second-order valence-electron chi connectivity index (χ2n) is 6.33. The highest BCUT2D eigenvalue weighted by molar-refractivity contribution is 8.00. The Morgan fingerprint density at radius 3 is 2.82 bits per heavy atom. The Bertz CT molecular complexity index is 1020. The van der Waals surface area contributed by atoms with Crippen LogP contribution in [0, 0.1) is 0 Å². The van der Waals surface area contributed by atoms with Crippen molar-refractivity contribution in [2.24, 2.45) is 0 Å². The van der Waals surface area contributed by atoms with E-state index in [4.69, 9.17) is 0 Å². The quantitative estimate of drug-likeness (QED) is 0.664. The van der Waals surface area contributed by atoms with E-state index in [1.54, 1.807) is 24.4 Å². The van der Waals surface area contributed by atoms with E-state index in [9.17, 15) is 9.59 Å². The number of benzene rings is 1. The van der Waals surface area contributed by atoms with Gasteiger partial charge < -0.3 is 10.2 Å². The van der Waals surface area contributed by atoms with Gasteiger partial charge in [0.1, 0.15) is 15.7 Å². The number of nitrogens with one attached hydrogen (secondary N) is 1. The highest BCUT2D eigenvalue weighted by Crippen LogP contribution is 2.26. The number of hydrogen-bond acceptors (Lipinski definition) is 6. The third kappa shape index (κ3) is 3.93. The summed E-state index contributed by atoms with van der Waals surface area (Å²) < 4.78 is 0.889. The molecule has 1 aliphatic heterocycles. The molecule has 1 aromatic carbocycles. The largest absolute Gasteiger partial charge is 0.333 e. The molecule has 2 aromatic heterocycles. The minimum absolute atomic E-state index is 0.0508. The number of carbonyl (C=O) groups excluding carboxylic acids is 2. The van der Waals surface area contributed by atoms with Crippen LogP contribution in [0.2, 0.25) is 0 Å². The predicted octanol–water partition coefficient (Wildman–Crippen LogP) is 3.71. The van der Waals surface area contributed by atoms with Crippen LogP contribution in [0.4, 0.5) is 5.69 Å². The number of pyridine rings is 1. The number of thioether (sulfide) groups is 1. The Hall–Kier alpha value is -2.71. The first kappa shape index (κ1) is 18.6. The first-order valence-electron chi connectivity index (χ1n) is 8.77. The highest BCUT2D eigenvalue weighted by Gasteiger charge is 2.24. The third-order valence-electron chi connectivity index (χ3n) is 4.54. The fourth-order valence-corrected chi connectivity index (χ4v) is 4.35. The molecule has 0 atom stereocenters. The molecule has 0 unspecified atom stereocenters. The molecule has 28 heavy (non-hydrogen) atoms. The van der Waals surface area contributed by atoms with Crippen molar-refractivity contribution in [3.05, 3.63) is 70.5 Å². The molecule has 3 heterocycles. The lowest BCUT2D eigenvalue weighted by molar-refractivity contribution is 0.0729. The van der Waals surface area contributed by atoms with Crippen molar-refractivity contribution in [3.8, 4) is 0 Å². The van der Waals surface area contributed by atoms with E-state index >= 15 is 0 Å².